The van der Waals surface area contributed by atoms with Crippen LogP contribution in [0, 0.1) is 0 Å². The quantitative estimate of drug-likeness (QED) is 0.776. The Morgan fingerprint density at radius 1 is 1.29 bits per heavy atom. The molecule has 78 valence electrons. The van der Waals surface area contributed by atoms with E-state index in [1.165, 1.54) is 5.56 Å². The highest BCUT2D eigenvalue weighted by atomic mass is 14.8. The van der Waals surface area contributed by atoms with Crippen LogP contribution in [0.1, 0.15) is 38.7 Å². The molecule has 1 unspecified atom stereocenters. The van der Waals surface area contributed by atoms with Crippen LogP contribution in [0.5, 0.6) is 0 Å². The molecule has 0 bridgehead atoms. The van der Waals surface area contributed by atoms with Crippen LogP contribution in [-0.2, 0) is 5.41 Å². The van der Waals surface area contributed by atoms with Gasteiger partial charge >= 0.3 is 0 Å². The molecule has 1 rings (SSSR count). The third-order valence-electron chi connectivity index (χ3n) is 2.97. The highest BCUT2D eigenvalue weighted by Gasteiger charge is 2.28. The van der Waals surface area contributed by atoms with E-state index < -0.39 is 0 Å². The summed E-state index contributed by atoms with van der Waals surface area (Å²) in [5.74, 6) is 0. The Balaban J connectivity index is 2.98. The van der Waals surface area contributed by atoms with E-state index >= 15 is 0 Å². The molecule has 1 atom stereocenters. The molecular formula is C11H19N3. The first-order valence-corrected chi connectivity index (χ1v) is 5.24. The maximum Gasteiger partial charge on any atom is 0.115 e. The minimum absolute atomic E-state index is 0.0794. The maximum atomic E-state index is 5.88. The second-order valence-electron chi connectivity index (χ2n) is 3.72. The van der Waals surface area contributed by atoms with Crippen LogP contribution < -0.4 is 5.73 Å². The average molecular weight is 193 g/mol. The Bertz CT molecular complexity index is 254. The molecule has 0 saturated carbocycles. The molecule has 0 aliphatic rings. The third kappa shape index (κ3) is 2.10. The van der Waals surface area contributed by atoms with Gasteiger partial charge < -0.3 is 5.73 Å². The molecule has 1 aromatic rings. The van der Waals surface area contributed by atoms with Gasteiger partial charge in [0, 0.05) is 24.4 Å². The average Bonchev–Trinajstić information content (AvgIpc) is 2.27. The van der Waals surface area contributed by atoms with Crippen LogP contribution in [0.25, 0.3) is 0 Å². The fourth-order valence-electron chi connectivity index (χ4n) is 1.94. The minimum Gasteiger partial charge on any atom is -0.330 e. The number of nitrogens with two attached hydrogens (primary N) is 1. The van der Waals surface area contributed by atoms with Gasteiger partial charge in [-0.2, -0.15) is 0 Å². The Hall–Kier alpha value is -0.960. The first-order valence-electron chi connectivity index (χ1n) is 5.24. The van der Waals surface area contributed by atoms with Gasteiger partial charge in [-0.15, -0.1) is 0 Å². The Morgan fingerprint density at radius 2 is 1.93 bits per heavy atom. The van der Waals surface area contributed by atoms with Crippen LogP contribution in [0.3, 0.4) is 0 Å². The lowest BCUT2D eigenvalue weighted by atomic mass is 9.76. The van der Waals surface area contributed by atoms with Gasteiger partial charge in [0.2, 0.25) is 0 Å². The van der Waals surface area contributed by atoms with Gasteiger partial charge in [-0.25, -0.2) is 9.97 Å². The summed E-state index contributed by atoms with van der Waals surface area (Å²) in [5.41, 5.74) is 7.13. The van der Waals surface area contributed by atoms with Gasteiger partial charge in [-0.1, -0.05) is 20.3 Å². The molecule has 0 aliphatic carbocycles. The fraction of sp³-hybridized carbons (Fsp3) is 0.636. The summed E-state index contributed by atoms with van der Waals surface area (Å²) in [4.78, 5) is 8.12. The number of rotatable bonds is 5. The van der Waals surface area contributed by atoms with Crippen LogP contribution in [0.2, 0.25) is 0 Å². The molecule has 0 saturated heterocycles. The topological polar surface area (TPSA) is 51.8 Å². The van der Waals surface area contributed by atoms with Gasteiger partial charge in [0.15, 0.2) is 0 Å². The van der Waals surface area contributed by atoms with Crippen molar-refractivity contribution in [2.45, 2.75) is 38.5 Å². The van der Waals surface area contributed by atoms with Crippen molar-refractivity contribution in [1.82, 2.24) is 9.97 Å². The zero-order valence-corrected chi connectivity index (χ0v) is 9.03. The van der Waals surface area contributed by atoms with Crippen molar-refractivity contribution in [1.29, 1.82) is 0 Å². The van der Waals surface area contributed by atoms with Gasteiger partial charge in [0.05, 0.1) is 0 Å². The van der Waals surface area contributed by atoms with E-state index in [1.54, 1.807) is 6.33 Å². The van der Waals surface area contributed by atoms with Crippen molar-refractivity contribution in [2.75, 3.05) is 6.54 Å². The predicted octanol–water partition coefficient (Wildman–Crippen LogP) is 1.88. The van der Waals surface area contributed by atoms with Gasteiger partial charge in [0.1, 0.15) is 6.33 Å². The highest BCUT2D eigenvalue weighted by Crippen LogP contribution is 2.30. The first-order chi connectivity index (χ1) is 6.79. The van der Waals surface area contributed by atoms with Crippen molar-refractivity contribution in [3.8, 4) is 0 Å². The molecule has 0 aliphatic heterocycles. The molecular weight excluding hydrogens is 174 g/mol. The van der Waals surface area contributed by atoms with Crippen LogP contribution in [0.4, 0.5) is 0 Å². The van der Waals surface area contributed by atoms with E-state index in [2.05, 4.69) is 23.8 Å². The standard InChI is InChI=1S/C11H19N3/c1-3-5-11(4-2,8-12)10-6-13-9-14-7-10/h6-7,9H,3-5,8,12H2,1-2H3. The molecule has 3 heteroatoms. The first kappa shape index (κ1) is 11.1. The molecule has 0 aromatic carbocycles. The number of hydrogen-bond donors (Lipinski definition) is 1. The van der Waals surface area contributed by atoms with Crippen LogP contribution in [0.15, 0.2) is 18.7 Å². The molecule has 3 nitrogen and oxygen atoms in total. The van der Waals surface area contributed by atoms with Crippen molar-refractivity contribution >= 4 is 0 Å². The Labute approximate surface area is 85.8 Å². The van der Waals surface area contributed by atoms with E-state index in [4.69, 9.17) is 5.73 Å². The van der Waals surface area contributed by atoms with Gasteiger partial charge in [0.25, 0.3) is 0 Å². The van der Waals surface area contributed by atoms with Crippen molar-refractivity contribution in [3.63, 3.8) is 0 Å². The Kier molecular flexibility index (Phi) is 4.01. The number of nitrogens with zero attached hydrogens (tertiary/aromatic N) is 2. The summed E-state index contributed by atoms with van der Waals surface area (Å²) < 4.78 is 0. The lowest BCUT2D eigenvalue weighted by molar-refractivity contribution is 0.382. The molecule has 14 heavy (non-hydrogen) atoms. The van der Waals surface area contributed by atoms with E-state index in [9.17, 15) is 0 Å². The van der Waals surface area contributed by atoms with Gasteiger partial charge in [-0.3, -0.25) is 0 Å². The third-order valence-corrected chi connectivity index (χ3v) is 2.97. The summed E-state index contributed by atoms with van der Waals surface area (Å²) in [6.07, 6.45) is 8.63. The second-order valence-corrected chi connectivity index (χ2v) is 3.72. The van der Waals surface area contributed by atoms with Crippen LogP contribution in [-0.4, -0.2) is 16.5 Å². The van der Waals surface area contributed by atoms with E-state index in [-0.39, 0.29) is 5.41 Å². The van der Waals surface area contributed by atoms with Gasteiger partial charge in [-0.05, 0) is 18.4 Å². The molecule has 0 fully saturated rings. The van der Waals surface area contributed by atoms with Crippen molar-refractivity contribution in [3.05, 3.63) is 24.3 Å². The lowest BCUT2D eigenvalue weighted by Crippen LogP contribution is -2.34. The molecule has 0 amide bonds. The molecule has 0 spiro atoms. The molecule has 2 N–H and O–H groups in total. The zero-order chi connectivity index (χ0) is 10.4. The maximum absolute atomic E-state index is 5.88. The van der Waals surface area contributed by atoms with E-state index in [1.807, 2.05) is 12.4 Å². The number of aromatic nitrogens is 2. The molecule has 1 aromatic heterocycles. The monoisotopic (exact) mass is 193 g/mol. The lowest BCUT2D eigenvalue weighted by Gasteiger charge is -2.30. The zero-order valence-electron chi connectivity index (χ0n) is 9.03. The van der Waals surface area contributed by atoms with Crippen molar-refractivity contribution < 1.29 is 0 Å². The normalized spacial score (nSPS) is 15.1. The largest absolute Gasteiger partial charge is 0.330 e. The predicted molar refractivity (Wildman–Crippen MR) is 58.0 cm³/mol. The summed E-state index contributed by atoms with van der Waals surface area (Å²) in [6, 6.07) is 0. The smallest absolute Gasteiger partial charge is 0.115 e. The summed E-state index contributed by atoms with van der Waals surface area (Å²) in [7, 11) is 0. The second kappa shape index (κ2) is 5.05. The van der Waals surface area contributed by atoms with Crippen LogP contribution >= 0.6 is 0 Å². The SMILES string of the molecule is CCCC(CC)(CN)c1cncnc1. The molecule has 0 radical (unpaired) electrons. The van der Waals surface area contributed by atoms with E-state index in [0.717, 1.165) is 19.3 Å². The van der Waals surface area contributed by atoms with E-state index in [0.29, 0.717) is 6.54 Å². The summed E-state index contributed by atoms with van der Waals surface area (Å²) >= 11 is 0. The highest BCUT2D eigenvalue weighted by molar-refractivity contribution is 5.19. The summed E-state index contributed by atoms with van der Waals surface area (Å²) in [6.45, 7) is 5.03. The fourth-order valence-corrected chi connectivity index (χ4v) is 1.94. The van der Waals surface area contributed by atoms with Crippen molar-refractivity contribution in [2.24, 2.45) is 5.73 Å². The number of hydrogen-bond acceptors (Lipinski definition) is 3. The minimum atomic E-state index is 0.0794. The molecule has 1 heterocycles. The summed E-state index contributed by atoms with van der Waals surface area (Å²) in [5, 5.41) is 0. The Morgan fingerprint density at radius 3 is 2.36 bits per heavy atom.